The Bertz CT molecular complexity index is 1250. The number of nitrogens with one attached hydrogen (secondary N) is 2. The van der Waals surface area contributed by atoms with Crippen LogP contribution in [0.5, 0.6) is 0 Å². The van der Waals surface area contributed by atoms with Crippen LogP contribution in [0.4, 0.5) is 5.82 Å². The molecule has 4 aromatic rings. The Morgan fingerprint density at radius 1 is 1.00 bits per heavy atom. The van der Waals surface area contributed by atoms with E-state index < -0.39 is 0 Å². The Morgan fingerprint density at radius 2 is 1.74 bits per heavy atom. The van der Waals surface area contributed by atoms with E-state index in [1.165, 1.54) is 0 Å². The zero-order valence-electron chi connectivity index (χ0n) is 19.6. The van der Waals surface area contributed by atoms with Crippen LogP contribution < -0.4 is 10.2 Å². The normalized spacial score (nSPS) is 11.0. The molecule has 8 heteroatoms. The van der Waals surface area contributed by atoms with Crippen molar-refractivity contribution in [1.29, 1.82) is 0 Å². The third kappa shape index (κ3) is 5.07. The van der Waals surface area contributed by atoms with Gasteiger partial charge in [0.1, 0.15) is 17.8 Å². The van der Waals surface area contributed by atoms with E-state index in [1.807, 2.05) is 30.3 Å². The van der Waals surface area contributed by atoms with Gasteiger partial charge in [-0.3, -0.25) is 9.89 Å². The van der Waals surface area contributed by atoms with E-state index in [1.54, 1.807) is 18.5 Å². The highest BCUT2D eigenvalue weighted by Crippen LogP contribution is 2.31. The number of carbonyl (C=O) groups excluding carboxylic acids is 1. The number of carbonyl (C=O) groups is 1. The minimum absolute atomic E-state index is 0.0834. The summed E-state index contributed by atoms with van der Waals surface area (Å²) in [5, 5.41) is 20.2. The molecule has 2 aromatic heterocycles. The molecule has 8 nitrogen and oxygen atoms in total. The molecule has 1 amide bonds. The number of H-pyrrole nitrogens is 1. The molecule has 0 aliphatic heterocycles. The molecule has 34 heavy (non-hydrogen) atoms. The second kappa shape index (κ2) is 10.9. The molecule has 4 rings (SSSR count). The van der Waals surface area contributed by atoms with E-state index in [9.17, 15) is 4.79 Å². The summed E-state index contributed by atoms with van der Waals surface area (Å²) in [6.45, 7) is 6.39. The number of nitrogens with zero attached hydrogens (tertiary/aromatic N) is 4. The van der Waals surface area contributed by atoms with Crippen LogP contribution in [0.25, 0.3) is 33.4 Å². The lowest BCUT2D eigenvalue weighted by molar-refractivity contribution is 0.0945. The van der Waals surface area contributed by atoms with Crippen LogP contribution in [0.3, 0.4) is 0 Å². The summed E-state index contributed by atoms with van der Waals surface area (Å²) in [6.07, 6.45) is 3.71. The van der Waals surface area contributed by atoms with E-state index in [0.717, 1.165) is 65.2 Å². The SMILES string of the molecule is CCCN(CCC)c1cc(-c2n[nH]c3ccc(-c4ccc(C(=O)NCCO)cc4)cc23)ncn1. The van der Waals surface area contributed by atoms with E-state index in [-0.39, 0.29) is 19.1 Å². The maximum atomic E-state index is 12.1. The Labute approximate surface area is 199 Å². The van der Waals surface area contributed by atoms with Crippen molar-refractivity contribution in [2.75, 3.05) is 31.1 Å². The summed E-state index contributed by atoms with van der Waals surface area (Å²) in [5.74, 6) is 0.712. The number of aromatic amines is 1. The van der Waals surface area contributed by atoms with Crippen LogP contribution in [0.15, 0.2) is 54.9 Å². The second-order valence-electron chi connectivity index (χ2n) is 8.14. The van der Waals surface area contributed by atoms with Gasteiger partial charge in [0.2, 0.25) is 0 Å². The van der Waals surface area contributed by atoms with Gasteiger partial charge in [-0.05, 0) is 48.2 Å². The molecule has 0 fully saturated rings. The van der Waals surface area contributed by atoms with Gasteiger partial charge >= 0.3 is 0 Å². The summed E-state index contributed by atoms with van der Waals surface area (Å²) in [4.78, 5) is 23.4. The number of hydrogen-bond acceptors (Lipinski definition) is 6. The molecule has 3 N–H and O–H groups in total. The summed E-state index contributed by atoms with van der Waals surface area (Å²) >= 11 is 0. The minimum atomic E-state index is -0.201. The van der Waals surface area contributed by atoms with E-state index in [0.29, 0.717) is 5.56 Å². The summed E-state index contributed by atoms with van der Waals surface area (Å²) in [6, 6.07) is 15.5. The topological polar surface area (TPSA) is 107 Å². The molecule has 2 heterocycles. The van der Waals surface area contributed by atoms with Crippen molar-refractivity contribution >= 4 is 22.6 Å². The Kier molecular flexibility index (Phi) is 7.49. The molecule has 0 spiro atoms. The Hall–Kier alpha value is -3.78. The molecule has 0 aliphatic rings. The van der Waals surface area contributed by atoms with E-state index in [4.69, 9.17) is 5.11 Å². The monoisotopic (exact) mass is 458 g/mol. The van der Waals surface area contributed by atoms with Crippen LogP contribution in [-0.4, -0.2) is 57.4 Å². The number of amides is 1. The third-order valence-electron chi connectivity index (χ3n) is 5.65. The molecule has 0 saturated heterocycles. The molecule has 0 bridgehead atoms. The number of rotatable bonds is 10. The number of aliphatic hydroxyl groups is 1. The molecule has 0 saturated carbocycles. The van der Waals surface area contributed by atoms with Gasteiger partial charge in [0.15, 0.2) is 0 Å². The number of aliphatic hydroxyl groups excluding tert-OH is 1. The van der Waals surface area contributed by atoms with Gasteiger partial charge in [-0.25, -0.2) is 9.97 Å². The maximum absolute atomic E-state index is 12.1. The lowest BCUT2D eigenvalue weighted by Crippen LogP contribution is -2.26. The van der Waals surface area contributed by atoms with Crippen molar-refractivity contribution in [3.05, 3.63) is 60.4 Å². The first kappa shape index (κ1) is 23.4. The number of hydrogen-bond donors (Lipinski definition) is 3. The fourth-order valence-electron chi connectivity index (χ4n) is 4.00. The summed E-state index contributed by atoms with van der Waals surface area (Å²) in [5.41, 5.74) is 5.06. The van der Waals surface area contributed by atoms with Crippen molar-refractivity contribution in [2.24, 2.45) is 0 Å². The van der Waals surface area contributed by atoms with Crippen LogP contribution >= 0.6 is 0 Å². The smallest absolute Gasteiger partial charge is 0.251 e. The van der Waals surface area contributed by atoms with Crippen molar-refractivity contribution in [3.8, 4) is 22.5 Å². The Balaban J connectivity index is 1.65. The standard InChI is InChI=1S/C26H30N6O2/c1-3-12-32(13-4-2)24-16-23(28-17-29-24)25-21-15-20(9-10-22(21)30-31-25)18-5-7-19(8-6-18)26(34)27-11-14-33/h5-10,15-17,33H,3-4,11-14H2,1-2H3,(H,27,34)(H,30,31). The summed E-state index contributed by atoms with van der Waals surface area (Å²) < 4.78 is 0. The zero-order chi connectivity index (χ0) is 23.9. The molecule has 0 unspecified atom stereocenters. The van der Waals surface area contributed by atoms with Gasteiger partial charge in [0.25, 0.3) is 5.91 Å². The first-order valence-corrected chi connectivity index (χ1v) is 11.7. The van der Waals surface area contributed by atoms with Gasteiger partial charge < -0.3 is 15.3 Å². The van der Waals surface area contributed by atoms with Crippen molar-refractivity contribution < 1.29 is 9.90 Å². The van der Waals surface area contributed by atoms with Gasteiger partial charge in [0, 0.05) is 36.7 Å². The predicted molar refractivity (Wildman–Crippen MR) is 135 cm³/mol. The summed E-state index contributed by atoms with van der Waals surface area (Å²) in [7, 11) is 0. The van der Waals surface area contributed by atoms with Crippen molar-refractivity contribution in [3.63, 3.8) is 0 Å². The number of aromatic nitrogens is 4. The quantitative estimate of drug-likeness (QED) is 0.331. The molecule has 2 aromatic carbocycles. The average molecular weight is 459 g/mol. The highest BCUT2D eigenvalue weighted by Gasteiger charge is 2.14. The molecule has 0 aliphatic carbocycles. The van der Waals surface area contributed by atoms with Gasteiger partial charge in [-0.2, -0.15) is 5.10 Å². The van der Waals surface area contributed by atoms with Crippen LogP contribution in [0, 0.1) is 0 Å². The van der Waals surface area contributed by atoms with E-state index >= 15 is 0 Å². The average Bonchev–Trinajstić information content (AvgIpc) is 3.30. The van der Waals surface area contributed by atoms with Crippen LogP contribution in [-0.2, 0) is 0 Å². The molecular formula is C26H30N6O2. The second-order valence-corrected chi connectivity index (χ2v) is 8.14. The van der Waals surface area contributed by atoms with Gasteiger partial charge in [0.05, 0.1) is 17.8 Å². The third-order valence-corrected chi connectivity index (χ3v) is 5.65. The van der Waals surface area contributed by atoms with Crippen LogP contribution in [0.2, 0.25) is 0 Å². The lowest BCUT2D eigenvalue weighted by atomic mass is 10.0. The van der Waals surface area contributed by atoms with E-state index in [2.05, 4.69) is 50.3 Å². The highest BCUT2D eigenvalue weighted by molar-refractivity contribution is 5.96. The van der Waals surface area contributed by atoms with Crippen molar-refractivity contribution in [1.82, 2.24) is 25.5 Å². The molecule has 0 radical (unpaired) electrons. The number of anilines is 1. The molecular weight excluding hydrogens is 428 g/mol. The minimum Gasteiger partial charge on any atom is -0.395 e. The predicted octanol–water partition coefficient (Wildman–Crippen LogP) is 4.04. The van der Waals surface area contributed by atoms with Crippen LogP contribution in [0.1, 0.15) is 37.0 Å². The highest BCUT2D eigenvalue weighted by atomic mass is 16.3. The number of fused-ring (bicyclic) bond motifs is 1. The fourth-order valence-corrected chi connectivity index (χ4v) is 4.00. The first-order chi connectivity index (χ1) is 16.6. The maximum Gasteiger partial charge on any atom is 0.251 e. The van der Waals surface area contributed by atoms with Gasteiger partial charge in [-0.1, -0.05) is 32.0 Å². The fraction of sp³-hybridized carbons (Fsp3) is 0.308. The van der Waals surface area contributed by atoms with Gasteiger partial charge in [-0.15, -0.1) is 0 Å². The van der Waals surface area contributed by atoms with Crippen molar-refractivity contribution in [2.45, 2.75) is 26.7 Å². The molecule has 0 atom stereocenters. The number of benzene rings is 2. The largest absolute Gasteiger partial charge is 0.395 e. The lowest BCUT2D eigenvalue weighted by Gasteiger charge is -2.22. The first-order valence-electron chi connectivity index (χ1n) is 11.7. The zero-order valence-corrected chi connectivity index (χ0v) is 19.6. The Morgan fingerprint density at radius 3 is 2.44 bits per heavy atom. The molecule has 176 valence electrons.